The standard InChI is InChI=1S/C16H20FN3/c1-3-9-18-13-8-10-19-14(11-13)12-20(2)16-7-5-4-6-15(16)17/h4-8,10-11H,3,9,12H2,1-2H3,(H,18,19). The van der Waals surface area contributed by atoms with Crippen LogP contribution in [0.2, 0.25) is 0 Å². The van der Waals surface area contributed by atoms with Crippen LogP contribution in [0, 0.1) is 5.82 Å². The van der Waals surface area contributed by atoms with Gasteiger partial charge in [0.25, 0.3) is 0 Å². The number of anilines is 2. The van der Waals surface area contributed by atoms with Gasteiger partial charge >= 0.3 is 0 Å². The first-order valence-electron chi connectivity index (χ1n) is 6.85. The lowest BCUT2D eigenvalue weighted by molar-refractivity contribution is 0.622. The van der Waals surface area contributed by atoms with E-state index in [9.17, 15) is 4.39 Å². The van der Waals surface area contributed by atoms with Crippen molar-refractivity contribution >= 4 is 11.4 Å². The van der Waals surface area contributed by atoms with Crippen LogP contribution in [-0.4, -0.2) is 18.6 Å². The summed E-state index contributed by atoms with van der Waals surface area (Å²) in [5.74, 6) is -0.213. The van der Waals surface area contributed by atoms with E-state index in [2.05, 4.69) is 17.2 Å². The van der Waals surface area contributed by atoms with Gasteiger partial charge in [-0.25, -0.2) is 4.39 Å². The minimum Gasteiger partial charge on any atom is -0.385 e. The molecule has 0 fully saturated rings. The van der Waals surface area contributed by atoms with Crippen molar-refractivity contribution in [1.29, 1.82) is 0 Å². The van der Waals surface area contributed by atoms with Crippen LogP contribution in [-0.2, 0) is 6.54 Å². The number of benzene rings is 1. The van der Waals surface area contributed by atoms with Crippen LogP contribution in [0.15, 0.2) is 42.6 Å². The lowest BCUT2D eigenvalue weighted by atomic mass is 10.2. The van der Waals surface area contributed by atoms with E-state index in [0.717, 1.165) is 24.3 Å². The number of rotatable bonds is 6. The summed E-state index contributed by atoms with van der Waals surface area (Å²) in [7, 11) is 1.87. The number of hydrogen-bond acceptors (Lipinski definition) is 3. The number of nitrogens with one attached hydrogen (secondary N) is 1. The van der Waals surface area contributed by atoms with Gasteiger partial charge in [-0.15, -0.1) is 0 Å². The molecule has 0 saturated heterocycles. The third-order valence-corrected chi connectivity index (χ3v) is 3.06. The predicted octanol–water partition coefficient (Wildman–Crippen LogP) is 3.68. The quantitative estimate of drug-likeness (QED) is 0.870. The molecule has 0 aliphatic heterocycles. The van der Waals surface area contributed by atoms with Gasteiger partial charge in [0.05, 0.1) is 17.9 Å². The van der Waals surface area contributed by atoms with E-state index in [1.165, 1.54) is 6.07 Å². The van der Waals surface area contributed by atoms with Gasteiger partial charge in [0.2, 0.25) is 0 Å². The summed E-state index contributed by atoms with van der Waals surface area (Å²) in [6.45, 7) is 3.64. The van der Waals surface area contributed by atoms with Gasteiger partial charge in [-0.2, -0.15) is 0 Å². The highest BCUT2D eigenvalue weighted by molar-refractivity contribution is 5.48. The van der Waals surface area contributed by atoms with Gasteiger partial charge in [0.1, 0.15) is 5.82 Å². The van der Waals surface area contributed by atoms with Crippen molar-refractivity contribution in [2.24, 2.45) is 0 Å². The van der Waals surface area contributed by atoms with Crippen molar-refractivity contribution in [3.8, 4) is 0 Å². The Bertz CT molecular complexity index is 557. The molecule has 1 aromatic carbocycles. The van der Waals surface area contributed by atoms with E-state index in [0.29, 0.717) is 12.2 Å². The summed E-state index contributed by atoms with van der Waals surface area (Å²) in [5.41, 5.74) is 2.55. The average molecular weight is 273 g/mol. The Morgan fingerprint density at radius 3 is 2.80 bits per heavy atom. The zero-order valence-electron chi connectivity index (χ0n) is 11.9. The third kappa shape index (κ3) is 3.70. The van der Waals surface area contributed by atoms with Gasteiger partial charge in [0, 0.05) is 25.5 Å². The van der Waals surface area contributed by atoms with Crippen molar-refractivity contribution in [1.82, 2.24) is 4.98 Å². The fraction of sp³-hybridized carbons (Fsp3) is 0.312. The maximum absolute atomic E-state index is 13.7. The largest absolute Gasteiger partial charge is 0.385 e. The summed E-state index contributed by atoms with van der Waals surface area (Å²) in [4.78, 5) is 6.20. The van der Waals surface area contributed by atoms with E-state index < -0.39 is 0 Å². The van der Waals surface area contributed by atoms with Crippen LogP contribution < -0.4 is 10.2 Å². The minimum atomic E-state index is -0.213. The molecule has 0 aliphatic carbocycles. The fourth-order valence-corrected chi connectivity index (χ4v) is 2.03. The van der Waals surface area contributed by atoms with Gasteiger partial charge in [-0.05, 0) is 30.7 Å². The Labute approximate surface area is 119 Å². The lowest BCUT2D eigenvalue weighted by Gasteiger charge is -2.19. The zero-order valence-corrected chi connectivity index (χ0v) is 11.9. The molecule has 1 aromatic heterocycles. The summed E-state index contributed by atoms with van der Waals surface area (Å²) in [5, 5.41) is 3.33. The van der Waals surface area contributed by atoms with Crippen LogP contribution >= 0.6 is 0 Å². The first-order chi connectivity index (χ1) is 9.70. The predicted molar refractivity (Wildman–Crippen MR) is 81.5 cm³/mol. The maximum Gasteiger partial charge on any atom is 0.146 e. The van der Waals surface area contributed by atoms with Crippen LogP contribution in [0.4, 0.5) is 15.8 Å². The average Bonchev–Trinajstić information content (AvgIpc) is 2.46. The van der Waals surface area contributed by atoms with Crippen molar-refractivity contribution in [3.63, 3.8) is 0 Å². The summed E-state index contributed by atoms with van der Waals surface area (Å²) in [6.07, 6.45) is 2.86. The van der Waals surface area contributed by atoms with Crippen molar-refractivity contribution in [2.45, 2.75) is 19.9 Å². The molecule has 0 spiro atoms. The molecule has 0 amide bonds. The minimum absolute atomic E-state index is 0.213. The summed E-state index contributed by atoms with van der Waals surface area (Å²) in [6, 6.07) is 10.7. The molecule has 0 atom stereocenters. The molecule has 106 valence electrons. The molecule has 0 aliphatic rings. The van der Waals surface area contributed by atoms with E-state index >= 15 is 0 Å². The van der Waals surface area contributed by atoms with Gasteiger partial charge in [-0.1, -0.05) is 19.1 Å². The van der Waals surface area contributed by atoms with Crippen molar-refractivity contribution in [3.05, 3.63) is 54.1 Å². The highest BCUT2D eigenvalue weighted by atomic mass is 19.1. The van der Waals surface area contributed by atoms with E-state index in [1.54, 1.807) is 18.3 Å². The number of hydrogen-bond donors (Lipinski definition) is 1. The van der Waals surface area contributed by atoms with Gasteiger partial charge in [-0.3, -0.25) is 4.98 Å². The monoisotopic (exact) mass is 273 g/mol. The number of para-hydroxylation sites is 1. The molecule has 4 heteroatoms. The molecule has 3 nitrogen and oxygen atoms in total. The molecule has 1 N–H and O–H groups in total. The smallest absolute Gasteiger partial charge is 0.146 e. The van der Waals surface area contributed by atoms with Crippen molar-refractivity contribution < 1.29 is 4.39 Å². The first-order valence-corrected chi connectivity index (χ1v) is 6.85. The van der Waals surface area contributed by atoms with Crippen molar-refractivity contribution in [2.75, 3.05) is 23.8 Å². The lowest BCUT2D eigenvalue weighted by Crippen LogP contribution is -2.18. The molecular weight excluding hydrogens is 253 g/mol. The van der Waals surface area contributed by atoms with E-state index in [-0.39, 0.29) is 5.82 Å². The van der Waals surface area contributed by atoms with Crippen LogP contribution in [0.25, 0.3) is 0 Å². The number of pyridine rings is 1. The SMILES string of the molecule is CCCNc1ccnc(CN(C)c2ccccc2F)c1. The molecule has 0 bridgehead atoms. The molecule has 0 unspecified atom stereocenters. The number of aromatic nitrogens is 1. The molecular formula is C16H20FN3. The maximum atomic E-state index is 13.7. The Kier molecular flexibility index (Phi) is 4.93. The summed E-state index contributed by atoms with van der Waals surface area (Å²) < 4.78 is 13.7. The third-order valence-electron chi connectivity index (χ3n) is 3.06. The Balaban J connectivity index is 2.08. The fourth-order valence-electron chi connectivity index (χ4n) is 2.03. The molecule has 0 radical (unpaired) electrons. The normalized spacial score (nSPS) is 10.3. The Morgan fingerprint density at radius 1 is 1.25 bits per heavy atom. The Hall–Kier alpha value is -2.10. The van der Waals surface area contributed by atoms with Crippen LogP contribution in [0.1, 0.15) is 19.0 Å². The second-order valence-corrected chi connectivity index (χ2v) is 4.77. The Morgan fingerprint density at radius 2 is 2.05 bits per heavy atom. The van der Waals surface area contributed by atoms with Gasteiger partial charge in [0.15, 0.2) is 0 Å². The highest BCUT2D eigenvalue weighted by Crippen LogP contribution is 2.19. The molecule has 0 saturated carbocycles. The topological polar surface area (TPSA) is 28.2 Å². The van der Waals surface area contributed by atoms with E-state index in [1.807, 2.05) is 30.1 Å². The highest BCUT2D eigenvalue weighted by Gasteiger charge is 2.08. The zero-order chi connectivity index (χ0) is 14.4. The molecule has 20 heavy (non-hydrogen) atoms. The second-order valence-electron chi connectivity index (χ2n) is 4.77. The summed E-state index contributed by atoms with van der Waals surface area (Å²) >= 11 is 0. The number of halogens is 1. The van der Waals surface area contributed by atoms with Crippen LogP contribution in [0.5, 0.6) is 0 Å². The second kappa shape index (κ2) is 6.89. The van der Waals surface area contributed by atoms with E-state index in [4.69, 9.17) is 0 Å². The molecule has 2 rings (SSSR count). The first kappa shape index (κ1) is 14.3. The number of nitrogens with zero attached hydrogens (tertiary/aromatic N) is 2. The molecule has 1 heterocycles. The molecule has 2 aromatic rings. The van der Waals surface area contributed by atoms with Gasteiger partial charge < -0.3 is 10.2 Å². The van der Waals surface area contributed by atoms with Crippen LogP contribution in [0.3, 0.4) is 0 Å².